The fourth-order valence-corrected chi connectivity index (χ4v) is 3.13. The maximum absolute atomic E-state index is 12.3. The summed E-state index contributed by atoms with van der Waals surface area (Å²) < 4.78 is 0. The molecule has 0 aliphatic carbocycles. The predicted octanol–water partition coefficient (Wildman–Crippen LogP) is 1.96. The molecule has 3 nitrogen and oxygen atoms in total. The number of nitrogens with one attached hydrogen (secondary N) is 2. The second-order valence-corrected chi connectivity index (χ2v) is 5.89. The molecule has 2 N–H and O–H groups in total. The zero-order valence-corrected chi connectivity index (χ0v) is 12.4. The second-order valence-electron chi connectivity index (χ2n) is 4.98. The van der Waals surface area contributed by atoms with Gasteiger partial charge >= 0.3 is 0 Å². The summed E-state index contributed by atoms with van der Waals surface area (Å²) in [6, 6.07) is 8.52. The van der Waals surface area contributed by atoms with Crippen molar-refractivity contribution in [2.24, 2.45) is 0 Å². The maximum Gasteiger partial charge on any atom is 0.237 e. The van der Waals surface area contributed by atoms with E-state index in [1.807, 2.05) is 12.1 Å². The normalized spacial score (nSPS) is 19.6. The first-order valence-electron chi connectivity index (χ1n) is 6.84. The second kappa shape index (κ2) is 6.96. The van der Waals surface area contributed by atoms with Crippen LogP contribution in [0.5, 0.6) is 0 Å². The molecule has 1 aliphatic heterocycles. The van der Waals surface area contributed by atoms with E-state index in [1.165, 1.54) is 11.1 Å². The molecule has 1 amide bonds. The standard InChI is InChI=1S/C15H22N2OS/c1-3-13(10-19-2)17-15(18)14-8-11-6-4-5-7-12(11)9-16-14/h4-7,13-14,16H,3,8-10H2,1-2H3,(H,17,18). The van der Waals surface area contributed by atoms with Crippen LogP contribution in [-0.2, 0) is 17.8 Å². The van der Waals surface area contributed by atoms with E-state index >= 15 is 0 Å². The molecule has 2 atom stereocenters. The van der Waals surface area contributed by atoms with E-state index in [2.05, 4.69) is 35.9 Å². The molecule has 2 unspecified atom stereocenters. The molecule has 0 bridgehead atoms. The number of carbonyl (C=O) groups is 1. The Morgan fingerprint density at radius 3 is 2.89 bits per heavy atom. The minimum Gasteiger partial charge on any atom is -0.351 e. The topological polar surface area (TPSA) is 41.1 Å². The molecule has 19 heavy (non-hydrogen) atoms. The summed E-state index contributed by atoms with van der Waals surface area (Å²) in [7, 11) is 0. The van der Waals surface area contributed by atoms with Crippen LogP contribution in [0, 0.1) is 0 Å². The minimum absolute atomic E-state index is 0.0918. The summed E-state index contributed by atoms with van der Waals surface area (Å²) in [6.07, 6.45) is 3.84. The highest BCUT2D eigenvalue weighted by Crippen LogP contribution is 2.16. The monoisotopic (exact) mass is 278 g/mol. The van der Waals surface area contributed by atoms with Gasteiger partial charge in [-0.15, -0.1) is 0 Å². The van der Waals surface area contributed by atoms with E-state index in [0.29, 0.717) is 0 Å². The van der Waals surface area contributed by atoms with Crippen molar-refractivity contribution in [3.63, 3.8) is 0 Å². The Kier molecular flexibility index (Phi) is 5.28. The van der Waals surface area contributed by atoms with E-state index in [9.17, 15) is 4.79 Å². The molecular weight excluding hydrogens is 256 g/mol. The van der Waals surface area contributed by atoms with E-state index in [-0.39, 0.29) is 18.0 Å². The summed E-state index contributed by atoms with van der Waals surface area (Å²) >= 11 is 1.78. The number of fused-ring (bicyclic) bond motifs is 1. The van der Waals surface area contributed by atoms with Crippen LogP contribution in [0.1, 0.15) is 24.5 Å². The number of amides is 1. The van der Waals surface area contributed by atoms with E-state index in [1.54, 1.807) is 11.8 Å². The van der Waals surface area contributed by atoms with Gasteiger partial charge in [-0.1, -0.05) is 31.2 Å². The molecular formula is C15H22N2OS. The van der Waals surface area contributed by atoms with Crippen LogP contribution in [0.4, 0.5) is 0 Å². The molecule has 1 aromatic rings. The molecule has 1 aromatic carbocycles. The molecule has 0 aromatic heterocycles. The van der Waals surface area contributed by atoms with Gasteiger partial charge < -0.3 is 10.6 Å². The van der Waals surface area contributed by atoms with Crippen molar-refractivity contribution in [3.8, 4) is 0 Å². The van der Waals surface area contributed by atoms with Gasteiger partial charge in [0.15, 0.2) is 0 Å². The highest BCUT2D eigenvalue weighted by atomic mass is 32.2. The molecule has 0 fully saturated rings. The van der Waals surface area contributed by atoms with Crippen molar-refractivity contribution < 1.29 is 4.79 Å². The fourth-order valence-electron chi connectivity index (χ4n) is 2.40. The summed E-state index contributed by atoms with van der Waals surface area (Å²) in [5.41, 5.74) is 2.60. The van der Waals surface area contributed by atoms with Crippen LogP contribution in [-0.4, -0.2) is 30.0 Å². The summed E-state index contributed by atoms with van der Waals surface area (Å²) in [5, 5.41) is 6.47. The Morgan fingerprint density at radius 2 is 2.21 bits per heavy atom. The van der Waals surface area contributed by atoms with Gasteiger partial charge in [-0.3, -0.25) is 4.79 Å². The lowest BCUT2D eigenvalue weighted by molar-refractivity contribution is -0.123. The summed E-state index contributed by atoms with van der Waals surface area (Å²) in [4.78, 5) is 12.3. The van der Waals surface area contributed by atoms with Gasteiger partial charge in [0.2, 0.25) is 5.91 Å². The van der Waals surface area contributed by atoms with Gasteiger partial charge in [0.05, 0.1) is 6.04 Å². The molecule has 0 saturated carbocycles. The van der Waals surface area contributed by atoms with Crippen LogP contribution in [0.3, 0.4) is 0 Å². The van der Waals surface area contributed by atoms with Gasteiger partial charge in [-0.05, 0) is 30.2 Å². The van der Waals surface area contributed by atoms with Crippen molar-refractivity contribution in [2.45, 2.75) is 38.4 Å². The Labute approximate surface area is 119 Å². The van der Waals surface area contributed by atoms with E-state index in [0.717, 1.165) is 25.1 Å². The third kappa shape index (κ3) is 3.74. The number of hydrogen-bond donors (Lipinski definition) is 2. The third-order valence-electron chi connectivity index (χ3n) is 3.60. The fraction of sp³-hybridized carbons (Fsp3) is 0.533. The van der Waals surface area contributed by atoms with Crippen LogP contribution < -0.4 is 10.6 Å². The van der Waals surface area contributed by atoms with Crippen LogP contribution in [0.25, 0.3) is 0 Å². The van der Waals surface area contributed by atoms with Crippen molar-refractivity contribution in [1.82, 2.24) is 10.6 Å². The van der Waals surface area contributed by atoms with Crippen molar-refractivity contribution in [3.05, 3.63) is 35.4 Å². The molecule has 0 saturated heterocycles. The minimum atomic E-state index is -0.0918. The average molecular weight is 278 g/mol. The molecule has 104 valence electrons. The largest absolute Gasteiger partial charge is 0.351 e. The van der Waals surface area contributed by atoms with Crippen LogP contribution in [0.2, 0.25) is 0 Å². The van der Waals surface area contributed by atoms with Crippen LogP contribution >= 0.6 is 11.8 Å². The Hall–Kier alpha value is -1.00. The van der Waals surface area contributed by atoms with Crippen LogP contribution in [0.15, 0.2) is 24.3 Å². The number of hydrogen-bond acceptors (Lipinski definition) is 3. The lowest BCUT2D eigenvalue weighted by Crippen LogP contribution is -2.50. The van der Waals surface area contributed by atoms with Gasteiger partial charge in [0.25, 0.3) is 0 Å². The Balaban J connectivity index is 1.95. The number of thioether (sulfide) groups is 1. The number of benzene rings is 1. The Morgan fingerprint density at radius 1 is 1.47 bits per heavy atom. The van der Waals surface area contributed by atoms with Gasteiger partial charge in [-0.2, -0.15) is 11.8 Å². The Bertz CT molecular complexity index is 436. The smallest absolute Gasteiger partial charge is 0.237 e. The first-order chi connectivity index (χ1) is 9.24. The highest BCUT2D eigenvalue weighted by molar-refractivity contribution is 7.98. The molecule has 2 rings (SSSR count). The lowest BCUT2D eigenvalue weighted by atomic mass is 9.95. The lowest BCUT2D eigenvalue weighted by Gasteiger charge is -2.27. The third-order valence-corrected chi connectivity index (χ3v) is 4.34. The number of rotatable bonds is 5. The van der Waals surface area contributed by atoms with Crippen molar-refractivity contribution in [1.29, 1.82) is 0 Å². The van der Waals surface area contributed by atoms with Gasteiger partial charge in [-0.25, -0.2) is 0 Å². The van der Waals surface area contributed by atoms with Gasteiger partial charge in [0.1, 0.15) is 0 Å². The number of carbonyl (C=O) groups excluding carboxylic acids is 1. The molecule has 1 aliphatic rings. The zero-order valence-electron chi connectivity index (χ0n) is 11.6. The maximum atomic E-state index is 12.3. The average Bonchev–Trinajstić information content (AvgIpc) is 2.46. The highest BCUT2D eigenvalue weighted by Gasteiger charge is 2.24. The van der Waals surface area contributed by atoms with E-state index in [4.69, 9.17) is 0 Å². The first-order valence-corrected chi connectivity index (χ1v) is 8.23. The summed E-state index contributed by atoms with van der Waals surface area (Å²) in [6.45, 7) is 2.90. The molecule has 0 spiro atoms. The molecule has 0 radical (unpaired) electrons. The van der Waals surface area contributed by atoms with Gasteiger partial charge in [0, 0.05) is 18.3 Å². The first kappa shape index (κ1) is 14.4. The molecule has 1 heterocycles. The molecule has 4 heteroatoms. The van der Waals surface area contributed by atoms with Crippen molar-refractivity contribution in [2.75, 3.05) is 12.0 Å². The summed E-state index contributed by atoms with van der Waals surface area (Å²) in [5.74, 6) is 1.11. The van der Waals surface area contributed by atoms with Crippen molar-refractivity contribution >= 4 is 17.7 Å². The van der Waals surface area contributed by atoms with E-state index < -0.39 is 0 Å². The SMILES string of the molecule is CCC(CSC)NC(=O)C1Cc2ccccc2CN1. The predicted molar refractivity (Wildman–Crippen MR) is 81.4 cm³/mol. The quantitative estimate of drug-likeness (QED) is 0.865. The zero-order chi connectivity index (χ0) is 13.7.